The number of carbonyl (C=O) groups is 1. The molecule has 1 heterocycles. The highest BCUT2D eigenvalue weighted by molar-refractivity contribution is 5.93. The van der Waals surface area contributed by atoms with Crippen LogP contribution >= 0.6 is 0 Å². The van der Waals surface area contributed by atoms with Gasteiger partial charge in [-0.05, 0) is 50.3 Å². The maximum absolute atomic E-state index is 12.1. The molecule has 2 N–H and O–H groups in total. The maximum Gasteiger partial charge on any atom is 0.338 e. The Balaban J connectivity index is 2.11. The Morgan fingerprint density at radius 3 is 2.74 bits per heavy atom. The fourth-order valence-corrected chi connectivity index (χ4v) is 2.26. The van der Waals surface area contributed by atoms with Gasteiger partial charge in [0.1, 0.15) is 5.66 Å². The summed E-state index contributed by atoms with van der Waals surface area (Å²) < 4.78 is 0. The molecule has 0 radical (unpaired) electrons. The molecule has 0 unspecified atom stereocenters. The number of carbonyl (C=O) groups excluding carboxylic acids is 1. The number of urea groups is 1. The number of anilines is 1. The van der Waals surface area contributed by atoms with Crippen LogP contribution < -0.4 is 15.8 Å². The van der Waals surface area contributed by atoms with E-state index in [1.54, 1.807) is 5.01 Å². The molecule has 0 bridgehead atoms. The lowest BCUT2D eigenvalue weighted by Gasteiger charge is -2.25. The van der Waals surface area contributed by atoms with Gasteiger partial charge in [-0.3, -0.25) is 0 Å². The summed E-state index contributed by atoms with van der Waals surface area (Å²) in [4.78, 5) is 12.1. The lowest BCUT2D eigenvalue weighted by atomic mass is 10.0. The molecule has 0 saturated carbocycles. The number of nitrogens with zero attached hydrogens (tertiary/aromatic N) is 1. The molecule has 1 aromatic rings. The second-order valence-corrected chi connectivity index (χ2v) is 5.98. The Hall–Kier alpha value is -1.55. The molecule has 0 aromatic heterocycles. The van der Waals surface area contributed by atoms with E-state index in [-0.39, 0.29) is 11.7 Å². The lowest BCUT2D eigenvalue weighted by Crippen LogP contribution is -2.48. The number of nitrogens with one attached hydrogen (secondary N) is 2. The smallest absolute Gasteiger partial charge is 0.317 e. The van der Waals surface area contributed by atoms with Crippen LogP contribution in [-0.4, -0.2) is 11.7 Å². The summed E-state index contributed by atoms with van der Waals surface area (Å²) in [6, 6.07) is 7.84. The van der Waals surface area contributed by atoms with Crippen molar-refractivity contribution in [2.45, 2.75) is 46.2 Å². The average Bonchev–Trinajstić information content (AvgIpc) is 2.63. The molecule has 2 rings (SSSR count). The predicted octanol–water partition coefficient (Wildman–Crippen LogP) is 3.18. The molecule has 1 saturated heterocycles. The number of aryl methyl sites for hydroxylation is 1. The van der Waals surface area contributed by atoms with E-state index in [1.807, 2.05) is 38.1 Å². The third kappa shape index (κ3) is 3.26. The quantitative estimate of drug-likeness (QED) is 0.874. The van der Waals surface area contributed by atoms with Crippen LogP contribution in [0.25, 0.3) is 0 Å². The summed E-state index contributed by atoms with van der Waals surface area (Å²) in [6.07, 6.45) is 1.99. The zero-order valence-electron chi connectivity index (χ0n) is 12.2. The molecule has 19 heavy (non-hydrogen) atoms. The van der Waals surface area contributed by atoms with Gasteiger partial charge in [0, 0.05) is 0 Å². The third-order valence-corrected chi connectivity index (χ3v) is 3.43. The number of amides is 2. The maximum atomic E-state index is 12.1. The van der Waals surface area contributed by atoms with Crippen molar-refractivity contribution in [3.63, 3.8) is 0 Å². The molecule has 104 valence electrons. The van der Waals surface area contributed by atoms with Crippen LogP contribution in [0.4, 0.5) is 10.5 Å². The predicted molar refractivity (Wildman–Crippen MR) is 77.8 cm³/mol. The van der Waals surface area contributed by atoms with Crippen LogP contribution in [-0.2, 0) is 0 Å². The van der Waals surface area contributed by atoms with Crippen molar-refractivity contribution in [1.82, 2.24) is 10.7 Å². The Bertz CT molecular complexity index is 472. The van der Waals surface area contributed by atoms with Crippen LogP contribution in [0.1, 0.15) is 39.2 Å². The first-order valence-corrected chi connectivity index (χ1v) is 6.86. The lowest BCUT2D eigenvalue weighted by molar-refractivity contribution is 0.245. The summed E-state index contributed by atoms with van der Waals surface area (Å²) in [5, 5.41) is 4.63. The zero-order valence-corrected chi connectivity index (χ0v) is 12.2. The van der Waals surface area contributed by atoms with Crippen LogP contribution in [0, 0.1) is 12.8 Å². The normalized spacial score (nSPS) is 23.0. The highest BCUT2D eigenvalue weighted by Gasteiger charge is 2.38. The number of benzene rings is 1. The van der Waals surface area contributed by atoms with Gasteiger partial charge < -0.3 is 5.32 Å². The second kappa shape index (κ2) is 5.21. The molecule has 1 aromatic carbocycles. The zero-order chi connectivity index (χ0) is 14.0. The van der Waals surface area contributed by atoms with Crippen molar-refractivity contribution in [2.24, 2.45) is 5.92 Å². The summed E-state index contributed by atoms with van der Waals surface area (Å²) in [5.74, 6) is 0.628. The number of rotatable bonds is 4. The fourth-order valence-electron chi connectivity index (χ4n) is 2.26. The van der Waals surface area contributed by atoms with E-state index in [9.17, 15) is 4.79 Å². The van der Waals surface area contributed by atoms with Gasteiger partial charge in [-0.25, -0.2) is 15.2 Å². The number of hydrogen-bond donors (Lipinski definition) is 2. The van der Waals surface area contributed by atoms with Crippen molar-refractivity contribution >= 4 is 11.7 Å². The van der Waals surface area contributed by atoms with Gasteiger partial charge in [-0.15, -0.1) is 0 Å². The van der Waals surface area contributed by atoms with Gasteiger partial charge in [0.15, 0.2) is 0 Å². The molecule has 2 amide bonds. The van der Waals surface area contributed by atoms with Crippen LogP contribution in [0.5, 0.6) is 0 Å². The molecule has 4 nitrogen and oxygen atoms in total. The minimum Gasteiger partial charge on any atom is -0.317 e. The first-order chi connectivity index (χ1) is 8.89. The van der Waals surface area contributed by atoms with E-state index in [1.165, 1.54) is 0 Å². The third-order valence-electron chi connectivity index (χ3n) is 3.43. The van der Waals surface area contributed by atoms with E-state index < -0.39 is 0 Å². The molecule has 1 atom stereocenters. The second-order valence-electron chi connectivity index (χ2n) is 5.98. The Labute approximate surface area is 115 Å². The van der Waals surface area contributed by atoms with E-state index in [4.69, 9.17) is 0 Å². The van der Waals surface area contributed by atoms with Crippen molar-refractivity contribution in [1.29, 1.82) is 0 Å². The molecule has 1 aliphatic heterocycles. The molecule has 1 fully saturated rings. The minimum absolute atomic E-state index is 0.0862. The molecule has 1 aliphatic rings. The highest BCUT2D eigenvalue weighted by atomic mass is 16.2. The van der Waals surface area contributed by atoms with Crippen LogP contribution in [0.3, 0.4) is 0 Å². The summed E-state index contributed by atoms with van der Waals surface area (Å²) in [5.41, 5.74) is 4.95. The van der Waals surface area contributed by atoms with Gasteiger partial charge in [0.2, 0.25) is 0 Å². The van der Waals surface area contributed by atoms with Crippen molar-refractivity contribution in [2.75, 3.05) is 5.01 Å². The van der Waals surface area contributed by atoms with E-state index in [0.29, 0.717) is 5.92 Å². The van der Waals surface area contributed by atoms with Crippen LogP contribution in [0.15, 0.2) is 24.3 Å². The molecule has 4 heteroatoms. The summed E-state index contributed by atoms with van der Waals surface area (Å²) in [6.45, 7) is 8.44. The van der Waals surface area contributed by atoms with Crippen molar-refractivity contribution < 1.29 is 4.79 Å². The van der Waals surface area contributed by atoms with Gasteiger partial charge in [-0.1, -0.05) is 26.0 Å². The average molecular weight is 261 g/mol. The van der Waals surface area contributed by atoms with E-state index >= 15 is 0 Å². The number of hydrogen-bond acceptors (Lipinski definition) is 2. The first kappa shape index (κ1) is 13.9. The molecule has 0 aliphatic carbocycles. The van der Waals surface area contributed by atoms with Crippen LogP contribution in [0.2, 0.25) is 0 Å². The van der Waals surface area contributed by atoms with Crippen molar-refractivity contribution in [3.8, 4) is 0 Å². The molecular formula is C15H23N3O. The minimum atomic E-state index is -0.356. The standard InChI is InChI=1S/C15H23N3O/c1-11(2)8-9-15(4)16-14(19)18(17-15)13-7-5-6-12(3)10-13/h5-7,10-11,17H,8-9H2,1-4H3,(H,16,19)/t15-/m0/s1. The van der Waals surface area contributed by atoms with Gasteiger partial charge in [-0.2, -0.15) is 0 Å². The fraction of sp³-hybridized carbons (Fsp3) is 0.533. The Morgan fingerprint density at radius 1 is 1.37 bits per heavy atom. The Kier molecular flexibility index (Phi) is 3.80. The molecule has 0 spiro atoms. The SMILES string of the molecule is Cc1cccc(N2N[C@@](C)(CCC(C)C)NC2=O)c1. The summed E-state index contributed by atoms with van der Waals surface area (Å²) in [7, 11) is 0. The largest absolute Gasteiger partial charge is 0.338 e. The van der Waals surface area contributed by atoms with E-state index in [0.717, 1.165) is 24.1 Å². The molecular weight excluding hydrogens is 238 g/mol. The van der Waals surface area contributed by atoms with E-state index in [2.05, 4.69) is 24.6 Å². The van der Waals surface area contributed by atoms with Gasteiger partial charge in [0.05, 0.1) is 5.69 Å². The highest BCUT2D eigenvalue weighted by Crippen LogP contribution is 2.23. The summed E-state index contributed by atoms with van der Waals surface area (Å²) >= 11 is 0. The van der Waals surface area contributed by atoms with Crippen molar-refractivity contribution in [3.05, 3.63) is 29.8 Å². The number of hydrazine groups is 1. The Morgan fingerprint density at radius 2 is 2.11 bits per heavy atom. The van der Waals surface area contributed by atoms with Gasteiger partial charge >= 0.3 is 6.03 Å². The monoisotopic (exact) mass is 261 g/mol. The topological polar surface area (TPSA) is 44.4 Å². The first-order valence-electron chi connectivity index (χ1n) is 6.86. The van der Waals surface area contributed by atoms with Gasteiger partial charge in [0.25, 0.3) is 0 Å².